The summed E-state index contributed by atoms with van der Waals surface area (Å²) in [5.41, 5.74) is 0.909. The largest absolute Gasteiger partial charge is 0.497 e. The summed E-state index contributed by atoms with van der Waals surface area (Å²) in [6.45, 7) is 1.66. The fourth-order valence-corrected chi connectivity index (χ4v) is 4.19. The number of methoxy groups -OCH3 is 1. The van der Waals surface area contributed by atoms with Crippen LogP contribution in [0.15, 0.2) is 24.3 Å². The second-order valence-electron chi connectivity index (χ2n) is 7.26. The van der Waals surface area contributed by atoms with Crippen molar-refractivity contribution in [2.24, 2.45) is 5.92 Å². The summed E-state index contributed by atoms with van der Waals surface area (Å²) in [4.78, 5) is 14.7. The second-order valence-corrected chi connectivity index (χ2v) is 7.67. The van der Waals surface area contributed by atoms with Gasteiger partial charge in [0.25, 0.3) is 0 Å². The van der Waals surface area contributed by atoms with Crippen LogP contribution in [0.25, 0.3) is 0 Å². The minimum atomic E-state index is 0.268. The van der Waals surface area contributed by atoms with Gasteiger partial charge in [-0.1, -0.05) is 25.3 Å². The van der Waals surface area contributed by atoms with Crippen molar-refractivity contribution in [1.82, 2.24) is 10.2 Å². The Kier molecular flexibility index (Phi) is 6.72. The Hall–Kier alpha value is -1.82. The maximum Gasteiger partial charge on any atom is 0.225 e. The zero-order valence-electron chi connectivity index (χ0n) is 15.5. The molecule has 0 spiro atoms. The van der Waals surface area contributed by atoms with Crippen LogP contribution in [-0.4, -0.2) is 42.2 Å². The number of thiocarbonyl (C=S) groups is 1. The topological polar surface area (TPSA) is 53.6 Å². The molecule has 2 aliphatic rings. The molecule has 2 fully saturated rings. The van der Waals surface area contributed by atoms with Crippen molar-refractivity contribution in [1.29, 1.82) is 0 Å². The van der Waals surface area contributed by atoms with E-state index in [1.54, 1.807) is 7.11 Å². The van der Waals surface area contributed by atoms with Gasteiger partial charge < -0.3 is 20.3 Å². The van der Waals surface area contributed by atoms with Gasteiger partial charge in [-0.25, -0.2) is 0 Å². The molecule has 1 aromatic rings. The molecule has 6 heteroatoms. The minimum Gasteiger partial charge on any atom is -0.497 e. The zero-order valence-corrected chi connectivity index (χ0v) is 16.3. The number of hydrogen-bond acceptors (Lipinski definition) is 3. The summed E-state index contributed by atoms with van der Waals surface area (Å²) >= 11 is 5.44. The molecule has 0 radical (unpaired) electrons. The van der Waals surface area contributed by atoms with Gasteiger partial charge in [0.05, 0.1) is 7.11 Å². The Bertz CT molecular complexity index is 623. The molecule has 3 rings (SSSR count). The number of anilines is 1. The first-order valence-corrected chi connectivity index (χ1v) is 10.1. The predicted octanol–water partition coefficient (Wildman–Crippen LogP) is 3.55. The van der Waals surface area contributed by atoms with Crippen molar-refractivity contribution in [3.05, 3.63) is 24.3 Å². The molecule has 1 amide bonds. The molecule has 5 nitrogen and oxygen atoms in total. The summed E-state index contributed by atoms with van der Waals surface area (Å²) < 4.78 is 5.23. The average Bonchev–Trinajstić information content (AvgIpc) is 2.69. The first-order chi connectivity index (χ1) is 12.7. The van der Waals surface area contributed by atoms with Crippen molar-refractivity contribution < 1.29 is 9.53 Å². The molecule has 1 saturated heterocycles. The smallest absolute Gasteiger partial charge is 0.225 e. The summed E-state index contributed by atoms with van der Waals surface area (Å²) in [5, 5.41) is 7.22. The van der Waals surface area contributed by atoms with Crippen LogP contribution in [0.3, 0.4) is 0 Å². The number of ether oxygens (including phenoxy) is 1. The standard InChI is InChI=1S/C20H29N3O2S/c1-25-18-9-5-8-17(14-18)22-20(26)21-16-10-12-23(13-11-16)19(24)15-6-3-2-4-7-15/h5,8-9,14-16H,2-4,6-7,10-13H2,1H3,(H2,21,22,26). The number of rotatable bonds is 4. The molecule has 1 aromatic carbocycles. The molecule has 0 unspecified atom stereocenters. The molecule has 0 aromatic heterocycles. The quantitative estimate of drug-likeness (QED) is 0.788. The Morgan fingerprint density at radius 1 is 1.15 bits per heavy atom. The molecule has 1 aliphatic heterocycles. The summed E-state index contributed by atoms with van der Waals surface area (Å²) in [6.07, 6.45) is 7.73. The monoisotopic (exact) mass is 375 g/mol. The molecule has 26 heavy (non-hydrogen) atoms. The molecular formula is C20H29N3O2S. The summed E-state index contributed by atoms with van der Waals surface area (Å²) in [5.74, 6) is 1.44. The van der Waals surface area contributed by atoms with Crippen LogP contribution in [0.5, 0.6) is 5.75 Å². The lowest BCUT2D eigenvalue weighted by Gasteiger charge is -2.35. The Morgan fingerprint density at radius 3 is 2.58 bits per heavy atom. The molecule has 1 heterocycles. The number of carbonyl (C=O) groups excluding carboxylic acids is 1. The van der Waals surface area contributed by atoms with E-state index in [1.165, 1.54) is 19.3 Å². The third kappa shape index (κ3) is 5.10. The van der Waals surface area contributed by atoms with Crippen molar-refractivity contribution >= 4 is 28.9 Å². The van der Waals surface area contributed by atoms with Crippen LogP contribution in [0.1, 0.15) is 44.9 Å². The van der Waals surface area contributed by atoms with Crippen LogP contribution < -0.4 is 15.4 Å². The van der Waals surface area contributed by atoms with Crippen LogP contribution in [0.4, 0.5) is 5.69 Å². The maximum atomic E-state index is 12.6. The van der Waals surface area contributed by atoms with Gasteiger partial charge in [-0.05, 0) is 50.0 Å². The lowest BCUT2D eigenvalue weighted by atomic mass is 9.87. The third-order valence-electron chi connectivity index (χ3n) is 5.42. The van der Waals surface area contributed by atoms with E-state index in [-0.39, 0.29) is 5.92 Å². The summed E-state index contributed by atoms with van der Waals surface area (Å²) in [6, 6.07) is 8.03. The Morgan fingerprint density at radius 2 is 1.88 bits per heavy atom. The van der Waals surface area contributed by atoms with E-state index in [9.17, 15) is 4.79 Å². The van der Waals surface area contributed by atoms with E-state index in [2.05, 4.69) is 15.5 Å². The van der Waals surface area contributed by atoms with Crippen LogP contribution in [-0.2, 0) is 4.79 Å². The zero-order chi connectivity index (χ0) is 18.4. The van der Waals surface area contributed by atoms with E-state index < -0.39 is 0 Å². The Labute approximate surface area is 161 Å². The SMILES string of the molecule is COc1cccc(NC(=S)NC2CCN(C(=O)C3CCCCC3)CC2)c1. The van der Waals surface area contributed by atoms with Crippen molar-refractivity contribution in [2.75, 3.05) is 25.5 Å². The van der Waals surface area contributed by atoms with Gasteiger partial charge in [0, 0.05) is 36.8 Å². The fraction of sp³-hybridized carbons (Fsp3) is 0.600. The molecule has 0 bridgehead atoms. The molecule has 1 saturated carbocycles. The van der Waals surface area contributed by atoms with Gasteiger partial charge in [-0.15, -0.1) is 0 Å². The van der Waals surface area contributed by atoms with E-state index in [0.29, 0.717) is 17.1 Å². The normalized spacial score (nSPS) is 19.0. The number of hydrogen-bond donors (Lipinski definition) is 2. The number of likely N-dealkylation sites (tertiary alicyclic amines) is 1. The average molecular weight is 376 g/mol. The number of nitrogens with zero attached hydrogens (tertiary/aromatic N) is 1. The highest BCUT2D eigenvalue weighted by Crippen LogP contribution is 2.26. The minimum absolute atomic E-state index is 0.268. The van der Waals surface area contributed by atoms with Crippen LogP contribution in [0, 0.1) is 5.92 Å². The fourth-order valence-electron chi connectivity index (χ4n) is 3.91. The highest BCUT2D eigenvalue weighted by molar-refractivity contribution is 7.80. The van der Waals surface area contributed by atoms with Crippen molar-refractivity contribution in [2.45, 2.75) is 51.0 Å². The van der Waals surface area contributed by atoms with E-state index in [0.717, 1.165) is 50.2 Å². The molecule has 0 atom stereocenters. The van der Waals surface area contributed by atoms with Crippen LogP contribution in [0.2, 0.25) is 0 Å². The van der Waals surface area contributed by atoms with Gasteiger partial charge in [-0.2, -0.15) is 0 Å². The number of nitrogens with one attached hydrogen (secondary N) is 2. The lowest BCUT2D eigenvalue weighted by Crippen LogP contribution is -2.49. The van der Waals surface area contributed by atoms with Gasteiger partial charge in [0.2, 0.25) is 5.91 Å². The first kappa shape index (κ1) is 19.0. The summed E-state index contributed by atoms with van der Waals surface area (Å²) in [7, 11) is 1.65. The molecule has 2 N–H and O–H groups in total. The number of benzene rings is 1. The highest BCUT2D eigenvalue weighted by atomic mass is 32.1. The predicted molar refractivity (Wildman–Crippen MR) is 109 cm³/mol. The van der Waals surface area contributed by atoms with Gasteiger partial charge in [0.15, 0.2) is 5.11 Å². The molecule has 1 aliphatic carbocycles. The number of amides is 1. The van der Waals surface area contributed by atoms with E-state index >= 15 is 0 Å². The van der Waals surface area contributed by atoms with E-state index in [1.807, 2.05) is 24.3 Å². The van der Waals surface area contributed by atoms with Crippen LogP contribution >= 0.6 is 12.2 Å². The lowest BCUT2D eigenvalue weighted by molar-refractivity contribution is -0.137. The number of piperidine rings is 1. The second kappa shape index (κ2) is 9.21. The number of carbonyl (C=O) groups is 1. The Balaban J connectivity index is 1.43. The van der Waals surface area contributed by atoms with Gasteiger partial charge in [-0.3, -0.25) is 4.79 Å². The van der Waals surface area contributed by atoms with Gasteiger partial charge >= 0.3 is 0 Å². The van der Waals surface area contributed by atoms with Gasteiger partial charge in [0.1, 0.15) is 5.75 Å². The molecule has 142 valence electrons. The van der Waals surface area contributed by atoms with Crippen molar-refractivity contribution in [3.8, 4) is 5.75 Å². The molecular weight excluding hydrogens is 346 g/mol. The first-order valence-electron chi connectivity index (χ1n) is 9.66. The van der Waals surface area contributed by atoms with Crippen molar-refractivity contribution in [3.63, 3.8) is 0 Å². The van der Waals surface area contributed by atoms with E-state index in [4.69, 9.17) is 17.0 Å². The third-order valence-corrected chi connectivity index (χ3v) is 5.64. The highest BCUT2D eigenvalue weighted by Gasteiger charge is 2.29. The maximum absolute atomic E-state index is 12.6.